The molecule has 118 valence electrons. The van der Waals surface area contributed by atoms with Gasteiger partial charge in [-0.15, -0.1) is 0 Å². The third kappa shape index (κ3) is 2.28. The second-order valence-corrected chi connectivity index (χ2v) is 6.62. The number of nitrogen functional groups attached to an aromatic ring is 1. The number of hydrogen-bond donors (Lipinski definition) is 1. The van der Waals surface area contributed by atoms with E-state index in [1.807, 2.05) is 55.7 Å². The van der Waals surface area contributed by atoms with Crippen LogP contribution in [0.1, 0.15) is 31.9 Å². The summed E-state index contributed by atoms with van der Waals surface area (Å²) in [5.74, 6) is 0.178. The van der Waals surface area contributed by atoms with Gasteiger partial charge in [0.15, 0.2) is 0 Å². The Morgan fingerprint density at radius 1 is 1.08 bits per heavy atom. The Hall–Kier alpha value is -3.31. The lowest BCUT2D eigenvalue weighted by molar-refractivity contribution is 0.408. The number of anilines is 1. The maximum atomic E-state index is 9.61. The van der Waals surface area contributed by atoms with E-state index in [1.165, 1.54) is 0 Å². The number of hydrogen-bond acceptors (Lipinski definition) is 4. The molecule has 3 rings (SSSR count). The van der Waals surface area contributed by atoms with Crippen LogP contribution < -0.4 is 5.73 Å². The summed E-state index contributed by atoms with van der Waals surface area (Å²) < 4.78 is 1.94. The lowest BCUT2D eigenvalue weighted by Crippen LogP contribution is -2.21. The van der Waals surface area contributed by atoms with Gasteiger partial charge in [-0.05, 0) is 26.3 Å². The monoisotopic (exact) mass is 315 g/mol. The highest BCUT2D eigenvalue weighted by Gasteiger charge is 2.25. The molecule has 0 fully saturated rings. The molecule has 5 nitrogen and oxygen atoms in total. The van der Waals surface area contributed by atoms with Crippen molar-refractivity contribution in [3.8, 4) is 23.3 Å². The summed E-state index contributed by atoms with van der Waals surface area (Å²) in [6.45, 7) is 6.10. The minimum absolute atomic E-state index is 0.178. The average molecular weight is 315 g/mol. The van der Waals surface area contributed by atoms with Crippen LogP contribution >= 0.6 is 0 Å². The van der Waals surface area contributed by atoms with Gasteiger partial charge in [-0.1, -0.05) is 30.3 Å². The van der Waals surface area contributed by atoms with Crippen molar-refractivity contribution < 1.29 is 0 Å². The molecule has 0 saturated heterocycles. The van der Waals surface area contributed by atoms with Crippen LogP contribution in [-0.2, 0) is 5.54 Å². The van der Waals surface area contributed by atoms with E-state index in [0.717, 1.165) is 5.56 Å². The van der Waals surface area contributed by atoms with E-state index in [2.05, 4.69) is 17.1 Å². The maximum Gasteiger partial charge on any atom is 0.144 e. The smallest absolute Gasteiger partial charge is 0.144 e. The molecule has 5 heteroatoms. The van der Waals surface area contributed by atoms with Crippen molar-refractivity contribution in [2.24, 2.45) is 0 Å². The van der Waals surface area contributed by atoms with Gasteiger partial charge in [-0.2, -0.15) is 10.5 Å². The standard InChI is InChI=1S/C19H17N5/c1-19(2,3)24-11-13(9-20)16-15(12-7-5-4-6-8-12)14(10-21)17(22)23-18(16)24/h4-8,11H,1-3H3,(H2,22,23). The van der Waals surface area contributed by atoms with Gasteiger partial charge in [-0.25, -0.2) is 4.98 Å². The Balaban J connectivity index is 2.57. The first-order valence-corrected chi connectivity index (χ1v) is 7.59. The zero-order chi connectivity index (χ0) is 17.5. The second kappa shape index (κ2) is 5.40. The van der Waals surface area contributed by atoms with Gasteiger partial charge >= 0.3 is 0 Å². The summed E-state index contributed by atoms with van der Waals surface area (Å²) in [7, 11) is 0. The van der Waals surface area contributed by atoms with E-state index in [0.29, 0.717) is 27.7 Å². The van der Waals surface area contributed by atoms with E-state index in [-0.39, 0.29) is 11.4 Å². The molecule has 2 N–H and O–H groups in total. The van der Waals surface area contributed by atoms with Crippen LogP contribution in [0, 0.1) is 22.7 Å². The summed E-state index contributed by atoms with van der Waals surface area (Å²) in [5.41, 5.74) is 8.72. The van der Waals surface area contributed by atoms with Crippen molar-refractivity contribution in [1.29, 1.82) is 10.5 Å². The lowest BCUT2D eigenvalue weighted by Gasteiger charge is -2.22. The molecule has 0 aliphatic rings. The van der Waals surface area contributed by atoms with E-state index in [4.69, 9.17) is 5.73 Å². The fraction of sp³-hybridized carbons (Fsp3) is 0.211. The summed E-state index contributed by atoms with van der Waals surface area (Å²) in [6.07, 6.45) is 1.78. The van der Waals surface area contributed by atoms with Gasteiger partial charge in [0.25, 0.3) is 0 Å². The number of fused-ring (bicyclic) bond motifs is 1. The second-order valence-electron chi connectivity index (χ2n) is 6.62. The Bertz CT molecular complexity index is 1010. The highest BCUT2D eigenvalue weighted by Crippen LogP contribution is 2.38. The van der Waals surface area contributed by atoms with Crippen LogP contribution in [-0.4, -0.2) is 9.55 Å². The van der Waals surface area contributed by atoms with E-state index in [1.54, 1.807) is 6.20 Å². The number of benzene rings is 1. The van der Waals surface area contributed by atoms with Crippen LogP contribution in [0.5, 0.6) is 0 Å². The van der Waals surface area contributed by atoms with Crippen molar-refractivity contribution in [2.75, 3.05) is 5.73 Å². The summed E-state index contributed by atoms with van der Waals surface area (Å²) in [4.78, 5) is 4.43. The summed E-state index contributed by atoms with van der Waals surface area (Å²) in [5, 5.41) is 19.9. The third-order valence-corrected chi connectivity index (χ3v) is 3.98. The molecule has 0 saturated carbocycles. The molecule has 0 radical (unpaired) electrons. The van der Waals surface area contributed by atoms with Gasteiger partial charge < -0.3 is 10.3 Å². The third-order valence-electron chi connectivity index (χ3n) is 3.98. The van der Waals surface area contributed by atoms with E-state index < -0.39 is 0 Å². The van der Waals surface area contributed by atoms with Crippen molar-refractivity contribution in [1.82, 2.24) is 9.55 Å². The van der Waals surface area contributed by atoms with Crippen molar-refractivity contribution in [3.63, 3.8) is 0 Å². The average Bonchev–Trinajstić information content (AvgIpc) is 2.92. The van der Waals surface area contributed by atoms with Gasteiger partial charge in [0.05, 0.1) is 5.56 Å². The number of nitrogens with two attached hydrogens (primary N) is 1. The SMILES string of the molecule is CC(C)(C)n1cc(C#N)c2c(-c3ccccc3)c(C#N)c(N)nc21. The molecular formula is C19H17N5. The maximum absolute atomic E-state index is 9.61. The number of pyridine rings is 1. The molecule has 0 spiro atoms. The molecule has 24 heavy (non-hydrogen) atoms. The predicted molar refractivity (Wildman–Crippen MR) is 94.0 cm³/mol. The van der Waals surface area contributed by atoms with Gasteiger partial charge in [0, 0.05) is 22.7 Å². The molecule has 2 heterocycles. The Morgan fingerprint density at radius 2 is 1.75 bits per heavy atom. The molecule has 0 aliphatic carbocycles. The fourth-order valence-electron chi connectivity index (χ4n) is 2.88. The molecule has 0 atom stereocenters. The van der Waals surface area contributed by atoms with Crippen LogP contribution in [0.2, 0.25) is 0 Å². The Labute approximate surface area is 140 Å². The van der Waals surface area contributed by atoms with Gasteiger partial charge in [-0.3, -0.25) is 0 Å². The van der Waals surface area contributed by atoms with Crippen LogP contribution in [0.3, 0.4) is 0 Å². The van der Waals surface area contributed by atoms with Crippen LogP contribution in [0.15, 0.2) is 36.5 Å². The highest BCUT2D eigenvalue weighted by molar-refractivity contribution is 6.02. The Kier molecular flexibility index (Phi) is 3.51. The zero-order valence-electron chi connectivity index (χ0n) is 13.8. The molecule has 3 aromatic rings. The first kappa shape index (κ1) is 15.6. The largest absolute Gasteiger partial charge is 0.383 e. The van der Waals surface area contributed by atoms with Crippen molar-refractivity contribution >= 4 is 16.9 Å². The molecule has 0 bridgehead atoms. The van der Waals surface area contributed by atoms with E-state index >= 15 is 0 Å². The molecular weight excluding hydrogens is 298 g/mol. The highest BCUT2D eigenvalue weighted by atomic mass is 15.1. The minimum Gasteiger partial charge on any atom is -0.383 e. The number of nitrogens with zero attached hydrogens (tertiary/aromatic N) is 4. The molecule has 1 aromatic carbocycles. The first-order chi connectivity index (χ1) is 11.4. The summed E-state index contributed by atoms with van der Waals surface area (Å²) >= 11 is 0. The number of rotatable bonds is 1. The molecule has 0 amide bonds. The predicted octanol–water partition coefficient (Wildman–Crippen LogP) is 3.78. The van der Waals surface area contributed by atoms with Crippen LogP contribution in [0.25, 0.3) is 22.2 Å². The number of aromatic nitrogens is 2. The fourth-order valence-corrected chi connectivity index (χ4v) is 2.88. The van der Waals surface area contributed by atoms with Crippen molar-refractivity contribution in [3.05, 3.63) is 47.7 Å². The Morgan fingerprint density at radius 3 is 2.29 bits per heavy atom. The summed E-state index contributed by atoms with van der Waals surface area (Å²) in [6, 6.07) is 13.9. The van der Waals surface area contributed by atoms with Gasteiger partial charge in [0.2, 0.25) is 0 Å². The van der Waals surface area contributed by atoms with Crippen molar-refractivity contribution in [2.45, 2.75) is 26.3 Å². The van der Waals surface area contributed by atoms with E-state index in [9.17, 15) is 10.5 Å². The zero-order valence-corrected chi connectivity index (χ0v) is 13.8. The first-order valence-electron chi connectivity index (χ1n) is 7.59. The van der Waals surface area contributed by atoms with Crippen LogP contribution in [0.4, 0.5) is 5.82 Å². The number of nitriles is 2. The molecule has 0 aliphatic heterocycles. The van der Waals surface area contributed by atoms with Gasteiger partial charge in [0.1, 0.15) is 29.2 Å². The topological polar surface area (TPSA) is 91.4 Å². The minimum atomic E-state index is -0.269. The molecule has 0 unspecified atom stereocenters. The lowest BCUT2D eigenvalue weighted by atomic mass is 9.96. The molecule has 2 aromatic heterocycles. The normalized spacial score (nSPS) is 11.2. The quantitative estimate of drug-likeness (QED) is 0.739.